The van der Waals surface area contributed by atoms with E-state index in [0.29, 0.717) is 5.41 Å². The van der Waals surface area contributed by atoms with Crippen molar-refractivity contribution in [3.05, 3.63) is 34.3 Å². The molecular formula is C18H28BrN. The number of benzene rings is 1. The molecule has 1 unspecified atom stereocenters. The fourth-order valence-electron chi connectivity index (χ4n) is 2.90. The van der Waals surface area contributed by atoms with Gasteiger partial charge in [0.2, 0.25) is 0 Å². The summed E-state index contributed by atoms with van der Waals surface area (Å²) in [6, 6.07) is 9.70. The smallest absolute Gasteiger partial charge is 0.0175 e. The molecule has 0 heterocycles. The van der Waals surface area contributed by atoms with E-state index in [-0.39, 0.29) is 0 Å². The van der Waals surface area contributed by atoms with Crippen molar-refractivity contribution >= 4 is 15.9 Å². The highest BCUT2D eigenvalue weighted by Gasteiger charge is 2.31. The van der Waals surface area contributed by atoms with Crippen molar-refractivity contribution in [1.29, 1.82) is 0 Å². The lowest BCUT2D eigenvalue weighted by molar-refractivity contribution is 0.228. The number of halogens is 1. The fraction of sp³-hybridized carbons (Fsp3) is 0.667. The van der Waals surface area contributed by atoms with E-state index < -0.39 is 0 Å². The Balaban J connectivity index is 2.03. The highest BCUT2D eigenvalue weighted by molar-refractivity contribution is 9.10. The first-order valence-electron chi connectivity index (χ1n) is 8.15. The zero-order valence-electron chi connectivity index (χ0n) is 12.9. The largest absolute Gasteiger partial charge is 0.313 e. The van der Waals surface area contributed by atoms with E-state index in [9.17, 15) is 0 Å². The summed E-state index contributed by atoms with van der Waals surface area (Å²) in [5.41, 5.74) is 1.91. The maximum absolute atomic E-state index is 3.78. The van der Waals surface area contributed by atoms with Crippen molar-refractivity contribution in [2.24, 2.45) is 5.41 Å². The quantitative estimate of drug-likeness (QED) is 0.642. The molecule has 2 heteroatoms. The highest BCUT2D eigenvalue weighted by atomic mass is 79.9. The first-order valence-corrected chi connectivity index (χ1v) is 8.94. The van der Waals surface area contributed by atoms with Crippen LogP contribution < -0.4 is 5.32 Å². The van der Waals surface area contributed by atoms with Crippen LogP contribution in [0.25, 0.3) is 0 Å². The van der Waals surface area contributed by atoms with Gasteiger partial charge in [0.25, 0.3) is 0 Å². The summed E-state index contributed by atoms with van der Waals surface area (Å²) in [6.07, 6.45) is 9.22. The van der Waals surface area contributed by atoms with Crippen molar-refractivity contribution in [3.8, 4) is 0 Å². The molecule has 0 spiro atoms. The first-order chi connectivity index (χ1) is 9.67. The second kappa shape index (κ2) is 7.61. The van der Waals surface area contributed by atoms with E-state index in [1.54, 1.807) is 0 Å². The van der Waals surface area contributed by atoms with Gasteiger partial charge in [-0.2, -0.15) is 0 Å². The molecule has 1 saturated carbocycles. The van der Waals surface area contributed by atoms with Gasteiger partial charge < -0.3 is 5.32 Å². The summed E-state index contributed by atoms with van der Waals surface area (Å²) in [7, 11) is 0. The number of nitrogens with one attached hydrogen (secondary N) is 1. The molecule has 0 radical (unpaired) electrons. The van der Waals surface area contributed by atoms with E-state index >= 15 is 0 Å². The predicted octanol–water partition coefficient (Wildman–Crippen LogP) is 5.33. The molecule has 0 aliphatic heterocycles. The van der Waals surface area contributed by atoms with E-state index in [0.717, 1.165) is 6.04 Å². The summed E-state index contributed by atoms with van der Waals surface area (Å²) < 4.78 is 1.17. The number of rotatable bonds is 9. The van der Waals surface area contributed by atoms with E-state index in [1.165, 1.54) is 61.5 Å². The first kappa shape index (κ1) is 16.0. The van der Waals surface area contributed by atoms with Crippen molar-refractivity contribution in [2.45, 2.75) is 64.8 Å². The molecule has 112 valence electrons. The van der Waals surface area contributed by atoms with Gasteiger partial charge >= 0.3 is 0 Å². The number of unbranched alkanes of at least 4 members (excludes halogenated alkanes) is 1. The Hall–Kier alpha value is -0.340. The van der Waals surface area contributed by atoms with Crippen molar-refractivity contribution < 1.29 is 0 Å². The Labute approximate surface area is 132 Å². The average Bonchev–Trinajstić information content (AvgIpc) is 3.29. The Morgan fingerprint density at radius 2 is 1.90 bits per heavy atom. The molecular weight excluding hydrogens is 310 g/mol. The predicted molar refractivity (Wildman–Crippen MR) is 91.1 cm³/mol. The highest BCUT2D eigenvalue weighted by Crippen LogP contribution is 2.34. The minimum Gasteiger partial charge on any atom is -0.313 e. The molecule has 1 N–H and O–H groups in total. The molecule has 1 nitrogen and oxygen atoms in total. The summed E-state index contributed by atoms with van der Waals surface area (Å²) in [5, 5.41) is 3.78. The minimum absolute atomic E-state index is 0.437. The van der Waals surface area contributed by atoms with Gasteiger partial charge in [-0.15, -0.1) is 0 Å². The lowest BCUT2D eigenvalue weighted by Gasteiger charge is -2.34. The van der Waals surface area contributed by atoms with Gasteiger partial charge in [0.05, 0.1) is 0 Å². The van der Waals surface area contributed by atoms with Crippen LogP contribution in [0.15, 0.2) is 28.7 Å². The van der Waals surface area contributed by atoms with Crippen LogP contribution in [-0.4, -0.2) is 12.6 Å². The molecule has 0 amide bonds. The van der Waals surface area contributed by atoms with Gasteiger partial charge in [-0.3, -0.25) is 0 Å². The lowest BCUT2D eigenvalue weighted by atomic mass is 9.75. The third kappa shape index (κ3) is 4.89. The Morgan fingerprint density at radius 3 is 2.45 bits per heavy atom. The van der Waals surface area contributed by atoms with Crippen LogP contribution in [0, 0.1) is 5.41 Å². The third-order valence-electron chi connectivity index (χ3n) is 4.65. The second-order valence-electron chi connectivity index (χ2n) is 6.42. The normalized spacial score (nSPS) is 17.9. The monoisotopic (exact) mass is 337 g/mol. The summed E-state index contributed by atoms with van der Waals surface area (Å²) in [4.78, 5) is 0. The van der Waals surface area contributed by atoms with E-state index in [2.05, 4.69) is 59.4 Å². The van der Waals surface area contributed by atoms with Crippen LogP contribution >= 0.6 is 15.9 Å². The average molecular weight is 338 g/mol. The summed E-state index contributed by atoms with van der Waals surface area (Å²) >= 11 is 3.53. The van der Waals surface area contributed by atoms with Crippen LogP contribution in [0.3, 0.4) is 0 Å². The zero-order chi connectivity index (χ0) is 14.4. The van der Waals surface area contributed by atoms with E-state index in [4.69, 9.17) is 0 Å². The van der Waals surface area contributed by atoms with Gasteiger partial charge in [-0.25, -0.2) is 0 Å². The van der Waals surface area contributed by atoms with Gasteiger partial charge in [-0.05, 0) is 55.2 Å². The molecule has 1 aliphatic rings. The van der Waals surface area contributed by atoms with Crippen LogP contribution in [0.5, 0.6) is 0 Å². The molecule has 1 atom stereocenters. The van der Waals surface area contributed by atoms with Crippen molar-refractivity contribution in [1.82, 2.24) is 5.32 Å². The maximum Gasteiger partial charge on any atom is 0.0175 e. The van der Waals surface area contributed by atoms with E-state index in [1.807, 2.05) is 0 Å². The third-order valence-corrected chi connectivity index (χ3v) is 5.17. The Morgan fingerprint density at radius 1 is 1.20 bits per heavy atom. The van der Waals surface area contributed by atoms with Crippen LogP contribution in [0.2, 0.25) is 0 Å². The van der Waals surface area contributed by atoms with Gasteiger partial charge in [0, 0.05) is 17.1 Å². The SMILES string of the molecule is CCCCC(CC)(CNC1CC1)Cc1ccc(Br)cc1. The second-order valence-corrected chi connectivity index (χ2v) is 7.33. The molecule has 1 fully saturated rings. The molecule has 1 aromatic carbocycles. The van der Waals surface area contributed by atoms with Crippen LogP contribution in [-0.2, 0) is 6.42 Å². The number of hydrogen-bond donors (Lipinski definition) is 1. The van der Waals surface area contributed by atoms with Gasteiger partial charge in [-0.1, -0.05) is 54.8 Å². The standard InChI is InChI=1S/C18H28BrN/c1-3-5-12-18(4-2,14-20-17-10-11-17)13-15-6-8-16(19)9-7-15/h6-9,17,20H,3-5,10-14H2,1-2H3. The summed E-state index contributed by atoms with van der Waals surface area (Å²) in [5.74, 6) is 0. The summed E-state index contributed by atoms with van der Waals surface area (Å²) in [6.45, 7) is 5.85. The molecule has 20 heavy (non-hydrogen) atoms. The molecule has 1 aromatic rings. The maximum atomic E-state index is 3.78. The molecule has 0 bridgehead atoms. The molecule has 0 saturated heterocycles. The molecule has 0 aromatic heterocycles. The zero-order valence-corrected chi connectivity index (χ0v) is 14.5. The van der Waals surface area contributed by atoms with Crippen LogP contribution in [0.4, 0.5) is 0 Å². The van der Waals surface area contributed by atoms with Crippen molar-refractivity contribution in [2.75, 3.05) is 6.54 Å². The number of hydrogen-bond acceptors (Lipinski definition) is 1. The van der Waals surface area contributed by atoms with Gasteiger partial charge in [0.1, 0.15) is 0 Å². The molecule has 2 rings (SSSR count). The van der Waals surface area contributed by atoms with Gasteiger partial charge in [0.15, 0.2) is 0 Å². The van der Waals surface area contributed by atoms with Crippen molar-refractivity contribution in [3.63, 3.8) is 0 Å². The topological polar surface area (TPSA) is 12.0 Å². The van der Waals surface area contributed by atoms with Crippen LogP contribution in [0.1, 0.15) is 57.9 Å². The lowest BCUT2D eigenvalue weighted by Crippen LogP contribution is -2.37. The Bertz CT molecular complexity index is 396. The minimum atomic E-state index is 0.437. The molecule has 1 aliphatic carbocycles. The fourth-order valence-corrected chi connectivity index (χ4v) is 3.17. The Kier molecular flexibility index (Phi) is 6.10.